The molecule has 0 radical (unpaired) electrons. The van der Waals surface area contributed by atoms with Gasteiger partial charge >= 0.3 is 0 Å². The molecule has 0 saturated carbocycles. The Morgan fingerprint density at radius 3 is 2.82 bits per heavy atom. The molecule has 2 saturated heterocycles. The van der Waals surface area contributed by atoms with Gasteiger partial charge in [-0.25, -0.2) is 4.98 Å². The molecule has 3 aliphatic heterocycles. The number of pyridine rings is 1. The van der Waals surface area contributed by atoms with Gasteiger partial charge in [0, 0.05) is 57.2 Å². The predicted molar refractivity (Wildman–Crippen MR) is 117 cm³/mol. The molecule has 0 bridgehead atoms. The molecule has 2 aromatic rings. The molecule has 1 aromatic heterocycles. The highest BCUT2D eigenvalue weighted by Gasteiger charge is 2.48. The number of nitrogens with zero attached hydrogens (tertiary/aromatic N) is 3. The highest BCUT2D eigenvalue weighted by molar-refractivity contribution is 5.53. The molecule has 0 aliphatic carbocycles. The number of likely N-dealkylation sites (tertiary alicyclic amines) is 1. The molecule has 0 amide bonds. The molecule has 4 heterocycles. The fourth-order valence-corrected chi connectivity index (χ4v) is 5.97. The number of aromatic nitrogens is 1. The van der Waals surface area contributed by atoms with Gasteiger partial charge in [-0.2, -0.15) is 0 Å². The van der Waals surface area contributed by atoms with Crippen LogP contribution in [0.2, 0.25) is 0 Å². The minimum absolute atomic E-state index is 0.736. The number of hydrogen-bond donors (Lipinski definition) is 1. The standard InChI is InChI=1S/C24H33N4/c1-18-5-3-7-24(26-18)27-13-11-20-15-22(9-8-21(20)17-27)28(14-4-6-19(28)2)23-10-12-25-16-23/h3,5,7-9,15,19,23,25H,4,6,10-14,16-17H2,1-2H3/q+1/t19-,23-,28?/m0/s1. The summed E-state index contributed by atoms with van der Waals surface area (Å²) >= 11 is 0. The van der Waals surface area contributed by atoms with Crippen LogP contribution in [0.3, 0.4) is 0 Å². The summed E-state index contributed by atoms with van der Waals surface area (Å²) in [6.45, 7) is 10.3. The van der Waals surface area contributed by atoms with Gasteiger partial charge < -0.3 is 10.2 Å². The number of quaternary nitrogens is 1. The molecule has 4 nitrogen and oxygen atoms in total. The third kappa shape index (κ3) is 2.94. The van der Waals surface area contributed by atoms with Crippen LogP contribution >= 0.6 is 0 Å². The van der Waals surface area contributed by atoms with Crippen molar-refractivity contribution < 1.29 is 0 Å². The first kappa shape index (κ1) is 18.1. The largest absolute Gasteiger partial charge is 0.352 e. The zero-order valence-corrected chi connectivity index (χ0v) is 17.3. The number of benzene rings is 1. The number of anilines is 1. The second-order valence-electron chi connectivity index (χ2n) is 9.05. The van der Waals surface area contributed by atoms with Gasteiger partial charge in [-0.05, 0) is 49.6 Å². The Bertz CT molecular complexity index is 857. The van der Waals surface area contributed by atoms with E-state index in [1.54, 1.807) is 11.3 Å². The van der Waals surface area contributed by atoms with Gasteiger partial charge in [0.15, 0.2) is 0 Å². The number of aryl methyl sites for hydroxylation is 1. The van der Waals surface area contributed by atoms with Crippen molar-refractivity contribution in [2.75, 3.05) is 31.1 Å². The Labute approximate surface area is 169 Å². The van der Waals surface area contributed by atoms with Crippen molar-refractivity contribution in [2.45, 2.75) is 58.2 Å². The van der Waals surface area contributed by atoms with Crippen LogP contribution in [-0.4, -0.2) is 43.2 Å². The maximum Gasteiger partial charge on any atom is 0.133 e. The summed E-state index contributed by atoms with van der Waals surface area (Å²) in [6.07, 6.45) is 5.16. The zero-order valence-electron chi connectivity index (χ0n) is 17.3. The van der Waals surface area contributed by atoms with E-state index in [1.165, 1.54) is 48.9 Å². The average molecular weight is 378 g/mol. The van der Waals surface area contributed by atoms with Crippen LogP contribution in [-0.2, 0) is 13.0 Å². The molecule has 148 valence electrons. The van der Waals surface area contributed by atoms with Crippen molar-refractivity contribution in [3.63, 3.8) is 0 Å². The summed E-state index contributed by atoms with van der Waals surface area (Å²) in [5.74, 6) is 1.11. The van der Waals surface area contributed by atoms with E-state index >= 15 is 0 Å². The summed E-state index contributed by atoms with van der Waals surface area (Å²) in [6, 6.07) is 15.3. The van der Waals surface area contributed by atoms with Crippen LogP contribution in [0.1, 0.15) is 43.0 Å². The van der Waals surface area contributed by atoms with Gasteiger partial charge in [-0.1, -0.05) is 12.1 Å². The summed E-state index contributed by atoms with van der Waals surface area (Å²) in [4.78, 5) is 7.17. The van der Waals surface area contributed by atoms with E-state index < -0.39 is 0 Å². The Kier molecular flexibility index (Phi) is 4.64. The molecule has 2 fully saturated rings. The van der Waals surface area contributed by atoms with Crippen LogP contribution in [0.5, 0.6) is 0 Å². The minimum Gasteiger partial charge on any atom is -0.352 e. The topological polar surface area (TPSA) is 28.2 Å². The zero-order chi connectivity index (χ0) is 19.1. The summed E-state index contributed by atoms with van der Waals surface area (Å²) < 4.78 is 1.21. The molecule has 3 aliphatic rings. The van der Waals surface area contributed by atoms with Gasteiger partial charge in [0.2, 0.25) is 0 Å². The quantitative estimate of drug-likeness (QED) is 0.825. The van der Waals surface area contributed by atoms with Crippen LogP contribution < -0.4 is 14.7 Å². The van der Waals surface area contributed by atoms with Crippen molar-refractivity contribution in [1.82, 2.24) is 14.8 Å². The lowest BCUT2D eigenvalue weighted by molar-refractivity contribution is 0.203. The van der Waals surface area contributed by atoms with Crippen molar-refractivity contribution in [3.05, 3.63) is 53.2 Å². The SMILES string of the molecule is Cc1cccc(N2CCc3cc([N+]4([C@H]5CCNC5)CCC[C@@H]4C)ccc3C2)n1. The van der Waals surface area contributed by atoms with Crippen molar-refractivity contribution in [3.8, 4) is 0 Å². The lowest BCUT2D eigenvalue weighted by Gasteiger charge is -2.44. The van der Waals surface area contributed by atoms with E-state index in [4.69, 9.17) is 4.98 Å². The second-order valence-corrected chi connectivity index (χ2v) is 9.05. The average Bonchev–Trinajstić information content (AvgIpc) is 3.37. The monoisotopic (exact) mass is 377 g/mol. The predicted octanol–water partition coefficient (Wildman–Crippen LogP) is 3.80. The van der Waals surface area contributed by atoms with Gasteiger partial charge in [0.05, 0.1) is 12.6 Å². The normalized spacial score (nSPS) is 29.9. The number of hydrogen-bond acceptors (Lipinski definition) is 3. The maximum absolute atomic E-state index is 4.74. The smallest absolute Gasteiger partial charge is 0.133 e. The Balaban J connectivity index is 1.45. The van der Waals surface area contributed by atoms with E-state index in [0.29, 0.717) is 0 Å². The highest BCUT2D eigenvalue weighted by Crippen LogP contribution is 2.40. The molecule has 1 unspecified atom stereocenters. The van der Waals surface area contributed by atoms with Gasteiger partial charge in [0.25, 0.3) is 0 Å². The molecule has 5 rings (SSSR count). The van der Waals surface area contributed by atoms with Crippen molar-refractivity contribution >= 4 is 11.5 Å². The van der Waals surface area contributed by atoms with Gasteiger partial charge in [-0.3, -0.25) is 4.48 Å². The molecule has 3 atom stereocenters. The Hall–Kier alpha value is -1.91. The van der Waals surface area contributed by atoms with E-state index in [-0.39, 0.29) is 0 Å². The summed E-state index contributed by atoms with van der Waals surface area (Å²) in [5.41, 5.74) is 5.70. The molecular weight excluding hydrogens is 344 g/mol. The van der Waals surface area contributed by atoms with Crippen LogP contribution in [0.15, 0.2) is 36.4 Å². The molecule has 0 spiro atoms. The number of nitrogens with one attached hydrogen (secondary N) is 1. The fourth-order valence-electron chi connectivity index (χ4n) is 5.97. The Morgan fingerprint density at radius 1 is 1.14 bits per heavy atom. The molecule has 4 heteroatoms. The first-order valence-corrected chi connectivity index (χ1v) is 11.1. The van der Waals surface area contributed by atoms with E-state index in [2.05, 4.69) is 60.5 Å². The van der Waals surface area contributed by atoms with E-state index in [1.807, 2.05) is 0 Å². The first-order chi connectivity index (χ1) is 13.7. The Morgan fingerprint density at radius 2 is 2.07 bits per heavy atom. The van der Waals surface area contributed by atoms with Crippen LogP contribution in [0.4, 0.5) is 11.5 Å². The third-order valence-electron chi connectivity index (χ3n) is 7.50. The van der Waals surface area contributed by atoms with Crippen molar-refractivity contribution in [1.29, 1.82) is 0 Å². The van der Waals surface area contributed by atoms with Crippen LogP contribution in [0, 0.1) is 6.92 Å². The van der Waals surface area contributed by atoms with E-state index in [9.17, 15) is 0 Å². The van der Waals surface area contributed by atoms with Gasteiger partial charge in [-0.15, -0.1) is 0 Å². The lowest BCUT2D eigenvalue weighted by atomic mass is 9.96. The van der Waals surface area contributed by atoms with Gasteiger partial charge in [0.1, 0.15) is 17.5 Å². The highest BCUT2D eigenvalue weighted by atomic mass is 15.4. The minimum atomic E-state index is 0.736. The fraction of sp³-hybridized carbons (Fsp3) is 0.542. The number of rotatable bonds is 3. The molecular formula is C24H33N4+. The van der Waals surface area contributed by atoms with Crippen LogP contribution in [0.25, 0.3) is 0 Å². The number of fused-ring (bicyclic) bond motifs is 1. The summed E-state index contributed by atoms with van der Waals surface area (Å²) in [5, 5.41) is 3.63. The molecule has 1 aromatic carbocycles. The molecule has 1 N–H and O–H groups in total. The summed E-state index contributed by atoms with van der Waals surface area (Å²) in [7, 11) is 0. The molecule has 28 heavy (non-hydrogen) atoms. The lowest BCUT2D eigenvalue weighted by Crippen LogP contribution is -2.59. The third-order valence-corrected chi connectivity index (χ3v) is 7.50. The van der Waals surface area contributed by atoms with E-state index in [0.717, 1.165) is 43.1 Å². The second kappa shape index (κ2) is 7.16. The van der Waals surface area contributed by atoms with Crippen molar-refractivity contribution in [2.24, 2.45) is 0 Å². The maximum atomic E-state index is 4.74. The first-order valence-electron chi connectivity index (χ1n) is 11.1.